The Labute approximate surface area is 281 Å². The molecule has 2 aliphatic carbocycles. The van der Waals surface area contributed by atoms with E-state index in [-0.39, 0.29) is 6.04 Å². The Kier molecular flexibility index (Phi) is 6.14. The molecule has 226 valence electrons. The van der Waals surface area contributed by atoms with E-state index in [1.807, 2.05) is 0 Å². The van der Waals surface area contributed by atoms with Crippen LogP contribution in [-0.2, 0) is 12.8 Å². The number of hydrogen-bond donors (Lipinski definition) is 1. The lowest BCUT2D eigenvalue weighted by atomic mass is 9.94. The van der Waals surface area contributed by atoms with Crippen LogP contribution in [0.1, 0.15) is 39.4 Å². The molecule has 48 heavy (non-hydrogen) atoms. The summed E-state index contributed by atoms with van der Waals surface area (Å²) in [6.45, 7) is 0. The van der Waals surface area contributed by atoms with E-state index in [1.54, 1.807) is 0 Å². The second-order valence-electron chi connectivity index (χ2n) is 13.3. The molecule has 3 aliphatic rings. The Morgan fingerprint density at radius 3 is 2.35 bits per heavy atom. The maximum Gasteiger partial charge on any atom is 0.0701 e. The lowest BCUT2D eigenvalue weighted by Crippen LogP contribution is -2.12. The van der Waals surface area contributed by atoms with Gasteiger partial charge in [-0.25, -0.2) is 0 Å². The van der Waals surface area contributed by atoms with Crippen LogP contribution in [0.15, 0.2) is 152 Å². The van der Waals surface area contributed by atoms with Gasteiger partial charge in [-0.1, -0.05) is 146 Å². The van der Waals surface area contributed by atoms with E-state index in [9.17, 15) is 0 Å². The third-order valence-corrected chi connectivity index (χ3v) is 10.5. The van der Waals surface area contributed by atoms with Crippen molar-refractivity contribution in [2.75, 3.05) is 5.32 Å². The van der Waals surface area contributed by atoms with Gasteiger partial charge in [0.15, 0.2) is 0 Å². The summed E-state index contributed by atoms with van der Waals surface area (Å²) in [6, 6.07) is 51.9. The van der Waals surface area contributed by atoms with Gasteiger partial charge >= 0.3 is 0 Å². The Balaban J connectivity index is 0.883. The summed E-state index contributed by atoms with van der Waals surface area (Å²) in [5.41, 5.74) is 19.9. The molecule has 1 heteroatoms. The van der Waals surface area contributed by atoms with Crippen LogP contribution in [0.25, 0.3) is 67.4 Å². The van der Waals surface area contributed by atoms with Crippen LogP contribution in [0.3, 0.4) is 0 Å². The van der Waals surface area contributed by atoms with Gasteiger partial charge in [0.25, 0.3) is 0 Å². The molecule has 1 atom stereocenters. The van der Waals surface area contributed by atoms with E-state index < -0.39 is 0 Å². The maximum absolute atomic E-state index is 3.70. The quantitative estimate of drug-likeness (QED) is 0.204. The van der Waals surface area contributed by atoms with Crippen molar-refractivity contribution in [3.63, 3.8) is 0 Å². The van der Waals surface area contributed by atoms with Crippen LogP contribution >= 0.6 is 0 Å². The highest BCUT2D eigenvalue weighted by Crippen LogP contribution is 2.53. The molecule has 0 bridgehead atoms. The van der Waals surface area contributed by atoms with Gasteiger partial charge in [0.05, 0.1) is 6.04 Å². The van der Waals surface area contributed by atoms with Gasteiger partial charge in [-0.3, -0.25) is 0 Å². The molecule has 0 amide bonds. The van der Waals surface area contributed by atoms with Crippen molar-refractivity contribution in [3.8, 4) is 44.5 Å². The van der Waals surface area contributed by atoms with Gasteiger partial charge in [-0.15, -0.1) is 0 Å². The number of anilines is 1. The zero-order valence-electron chi connectivity index (χ0n) is 26.6. The molecule has 10 rings (SSSR count). The third-order valence-electron chi connectivity index (χ3n) is 10.5. The van der Waals surface area contributed by atoms with Crippen molar-refractivity contribution in [2.24, 2.45) is 0 Å². The second-order valence-corrected chi connectivity index (χ2v) is 13.3. The number of rotatable bonds is 5. The van der Waals surface area contributed by atoms with E-state index in [0.29, 0.717) is 0 Å². The first kappa shape index (κ1) is 27.2. The van der Waals surface area contributed by atoms with E-state index in [0.717, 1.165) is 12.8 Å². The van der Waals surface area contributed by atoms with Crippen molar-refractivity contribution in [2.45, 2.75) is 18.9 Å². The smallest absolute Gasteiger partial charge is 0.0701 e. The van der Waals surface area contributed by atoms with Crippen molar-refractivity contribution >= 4 is 28.6 Å². The van der Waals surface area contributed by atoms with Gasteiger partial charge in [0, 0.05) is 5.69 Å². The molecule has 0 saturated carbocycles. The van der Waals surface area contributed by atoms with Crippen molar-refractivity contribution in [1.29, 1.82) is 0 Å². The van der Waals surface area contributed by atoms with E-state index >= 15 is 0 Å². The molecule has 0 fully saturated rings. The highest BCUT2D eigenvalue weighted by molar-refractivity contribution is 6.18. The van der Waals surface area contributed by atoms with Gasteiger partial charge < -0.3 is 5.32 Å². The average Bonchev–Trinajstić information content (AvgIpc) is 3.68. The summed E-state index contributed by atoms with van der Waals surface area (Å²) in [4.78, 5) is 0. The van der Waals surface area contributed by atoms with Gasteiger partial charge in [0.2, 0.25) is 0 Å². The van der Waals surface area contributed by atoms with Crippen LogP contribution in [0.4, 0.5) is 5.69 Å². The minimum atomic E-state index is 0.199. The molecular weight excluding hydrogens is 579 g/mol. The van der Waals surface area contributed by atoms with Crippen LogP contribution < -0.4 is 5.32 Å². The lowest BCUT2D eigenvalue weighted by Gasteiger charge is -2.23. The summed E-state index contributed by atoms with van der Waals surface area (Å²) >= 11 is 0. The molecule has 7 aromatic rings. The molecule has 1 unspecified atom stereocenters. The standard InChI is InChI=1S/C47H33N/c1-2-10-33(11-3-1)45-25-23-34-21-18-31(26-46(34)48-45)9-6-8-30-16-19-32(20-17-30)35-22-24-38-41(27-35)39-14-7-15-40-42-28-36-12-4-5-13-37(36)43(42)29-44(38)47(39)40/h1-7,9-27,29,45,48H,8,28H2/b9-6-. The van der Waals surface area contributed by atoms with Crippen LogP contribution in [-0.4, -0.2) is 0 Å². The molecule has 1 nitrogen and oxygen atoms in total. The summed E-state index contributed by atoms with van der Waals surface area (Å²) in [7, 11) is 0. The predicted molar refractivity (Wildman–Crippen MR) is 203 cm³/mol. The van der Waals surface area contributed by atoms with Crippen LogP contribution in [0.5, 0.6) is 0 Å². The summed E-state index contributed by atoms with van der Waals surface area (Å²) in [5.74, 6) is 0. The monoisotopic (exact) mass is 611 g/mol. The SMILES string of the molecule is C1=CC(c2ccccc2)Nc2cc(/C=C\Cc3ccc(-c4ccc5c(c4)-c4cccc6c7c(cc-5c46)-c4ccccc4C7)cc3)ccc21. The van der Waals surface area contributed by atoms with E-state index in [1.165, 1.54) is 94.3 Å². The fourth-order valence-electron chi connectivity index (χ4n) is 8.10. The number of nitrogens with one attached hydrogen (secondary N) is 1. The molecule has 7 aromatic carbocycles. The molecule has 0 saturated heterocycles. The maximum atomic E-state index is 3.70. The second kappa shape index (κ2) is 10.8. The molecule has 0 spiro atoms. The first-order valence-electron chi connectivity index (χ1n) is 17.0. The first-order valence-corrected chi connectivity index (χ1v) is 17.0. The van der Waals surface area contributed by atoms with Gasteiger partial charge in [-0.05, 0) is 120 Å². The lowest BCUT2D eigenvalue weighted by molar-refractivity contribution is 0.979. The molecule has 0 radical (unpaired) electrons. The Bertz CT molecular complexity index is 2460. The van der Waals surface area contributed by atoms with E-state index in [2.05, 4.69) is 169 Å². The molecule has 1 N–H and O–H groups in total. The number of fused-ring (bicyclic) bond motifs is 8. The topological polar surface area (TPSA) is 12.0 Å². The van der Waals surface area contributed by atoms with Crippen molar-refractivity contribution < 1.29 is 0 Å². The summed E-state index contributed by atoms with van der Waals surface area (Å²) in [6.07, 6.45) is 10.9. The van der Waals surface area contributed by atoms with Crippen LogP contribution in [0, 0.1) is 0 Å². The minimum Gasteiger partial charge on any atom is -0.374 e. The van der Waals surface area contributed by atoms with Gasteiger partial charge in [0.1, 0.15) is 0 Å². The fourth-order valence-corrected chi connectivity index (χ4v) is 8.10. The number of allylic oxidation sites excluding steroid dienone is 1. The zero-order chi connectivity index (χ0) is 31.6. The first-order chi connectivity index (χ1) is 23.8. The Morgan fingerprint density at radius 1 is 0.604 bits per heavy atom. The molecule has 0 aromatic heterocycles. The largest absolute Gasteiger partial charge is 0.374 e. The molecule has 1 heterocycles. The van der Waals surface area contributed by atoms with E-state index in [4.69, 9.17) is 0 Å². The highest BCUT2D eigenvalue weighted by Gasteiger charge is 2.28. The summed E-state index contributed by atoms with van der Waals surface area (Å²) in [5, 5.41) is 6.53. The number of hydrogen-bond acceptors (Lipinski definition) is 1. The molecular formula is C47H33N. The van der Waals surface area contributed by atoms with Crippen molar-refractivity contribution in [1.82, 2.24) is 0 Å². The zero-order valence-corrected chi connectivity index (χ0v) is 26.6. The average molecular weight is 612 g/mol. The minimum absolute atomic E-state index is 0.199. The fraction of sp³-hybridized carbons (Fsp3) is 0.0638. The predicted octanol–water partition coefficient (Wildman–Crippen LogP) is 12.2. The normalized spacial score (nSPS) is 14.9. The van der Waals surface area contributed by atoms with Crippen LogP contribution in [0.2, 0.25) is 0 Å². The number of benzene rings is 7. The Hall–Kier alpha value is -5.92. The highest BCUT2D eigenvalue weighted by atomic mass is 14.9. The summed E-state index contributed by atoms with van der Waals surface area (Å²) < 4.78 is 0. The van der Waals surface area contributed by atoms with Gasteiger partial charge in [-0.2, -0.15) is 0 Å². The van der Waals surface area contributed by atoms with Crippen molar-refractivity contribution in [3.05, 3.63) is 185 Å². The third kappa shape index (κ3) is 4.39. The Morgan fingerprint density at radius 2 is 1.44 bits per heavy atom. The molecule has 1 aliphatic heterocycles.